The molecular formula is C6H9N3S. The van der Waals surface area contributed by atoms with Crippen molar-refractivity contribution in [2.24, 2.45) is 0 Å². The van der Waals surface area contributed by atoms with Gasteiger partial charge < -0.3 is 5.32 Å². The van der Waals surface area contributed by atoms with Crippen LogP contribution in [0.15, 0.2) is 6.58 Å². The molecule has 0 radical (unpaired) electrons. The molecule has 0 saturated heterocycles. The first-order valence-electron chi connectivity index (χ1n) is 2.92. The molecule has 1 aromatic heterocycles. The quantitative estimate of drug-likeness (QED) is 0.705. The van der Waals surface area contributed by atoms with Gasteiger partial charge in [-0.25, -0.2) is 0 Å². The summed E-state index contributed by atoms with van der Waals surface area (Å²) in [7, 11) is 1.82. The Labute approximate surface area is 64.1 Å². The molecule has 10 heavy (non-hydrogen) atoms. The zero-order valence-electron chi connectivity index (χ0n) is 6.01. The molecule has 0 saturated carbocycles. The van der Waals surface area contributed by atoms with Gasteiger partial charge in [0.25, 0.3) is 0 Å². The minimum absolute atomic E-state index is 0.817. The largest absolute Gasteiger partial charge is 0.370 e. The third-order valence-electron chi connectivity index (χ3n) is 1.13. The smallest absolute Gasteiger partial charge is 0.167 e. The fourth-order valence-electron chi connectivity index (χ4n) is 0.633. The summed E-state index contributed by atoms with van der Waals surface area (Å²) >= 11 is 1.20. The Morgan fingerprint density at radius 3 is 2.70 bits per heavy atom. The van der Waals surface area contributed by atoms with Crippen molar-refractivity contribution in [3.8, 4) is 0 Å². The lowest BCUT2D eigenvalue weighted by molar-refractivity contribution is 1.36. The molecule has 3 nitrogen and oxygen atoms in total. The Bertz CT molecular complexity index is 241. The second-order valence-electron chi connectivity index (χ2n) is 1.99. The molecule has 0 amide bonds. The average molecular weight is 155 g/mol. The molecular weight excluding hydrogens is 146 g/mol. The molecule has 1 heterocycles. The van der Waals surface area contributed by atoms with Gasteiger partial charge in [-0.05, 0) is 12.5 Å². The van der Waals surface area contributed by atoms with E-state index in [-0.39, 0.29) is 0 Å². The molecule has 0 aliphatic heterocycles. The van der Waals surface area contributed by atoms with Gasteiger partial charge in [0.1, 0.15) is 5.69 Å². The Morgan fingerprint density at radius 1 is 1.60 bits per heavy atom. The maximum atomic E-state index is 4.06. The second kappa shape index (κ2) is 2.79. The molecule has 0 spiro atoms. The van der Waals surface area contributed by atoms with Gasteiger partial charge in [0.2, 0.25) is 0 Å². The molecule has 0 aromatic carbocycles. The number of nitrogens with one attached hydrogen (secondary N) is 1. The first-order chi connectivity index (χ1) is 4.75. The van der Waals surface area contributed by atoms with E-state index >= 15 is 0 Å². The van der Waals surface area contributed by atoms with Crippen LogP contribution in [0.25, 0.3) is 5.57 Å². The van der Waals surface area contributed by atoms with E-state index in [2.05, 4.69) is 20.6 Å². The van der Waals surface area contributed by atoms with Crippen molar-refractivity contribution in [1.29, 1.82) is 0 Å². The van der Waals surface area contributed by atoms with Crippen molar-refractivity contribution in [2.45, 2.75) is 6.92 Å². The molecule has 0 bridgehead atoms. The number of nitrogens with zero attached hydrogens (tertiary/aromatic N) is 2. The minimum atomic E-state index is 0.817. The highest BCUT2D eigenvalue weighted by Crippen LogP contribution is 2.18. The summed E-state index contributed by atoms with van der Waals surface area (Å²) in [5.74, 6) is 0.817. The lowest BCUT2D eigenvalue weighted by Crippen LogP contribution is -1.91. The Morgan fingerprint density at radius 2 is 2.30 bits per heavy atom. The second-order valence-corrected chi connectivity index (χ2v) is 2.52. The highest BCUT2D eigenvalue weighted by Gasteiger charge is 2.04. The van der Waals surface area contributed by atoms with Crippen LogP contribution in [-0.4, -0.2) is 15.8 Å². The molecule has 1 N–H and O–H groups in total. The summed E-state index contributed by atoms with van der Waals surface area (Å²) in [6, 6.07) is 0. The van der Waals surface area contributed by atoms with Gasteiger partial charge in [0.05, 0.1) is 11.7 Å². The standard InChI is InChI=1S/C6H9N3S/c1-4(2)5-6(7-3)9-10-8-5/h1H2,2-3H3,(H,7,9). The van der Waals surface area contributed by atoms with Crippen LogP contribution in [0, 0.1) is 0 Å². The first-order valence-corrected chi connectivity index (χ1v) is 3.65. The van der Waals surface area contributed by atoms with Crippen LogP contribution in [0.2, 0.25) is 0 Å². The molecule has 0 unspecified atom stereocenters. The third-order valence-corrected chi connectivity index (χ3v) is 1.66. The fourth-order valence-corrected chi connectivity index (χ4v) is 1.26. The van der Waals surface area contributed by atoms with Gasteiger partial charge in [-0.15, -0.1) is 0 Å². The summed E-state index contributed by atoms with van der Waals surface area (Å²) in [5.41, 5.74) is 1.81. The van der Waals surface area contributed by atoms with Crippen molar-refractivity contribution >= 4 is 23.1 Å². The van der Waals surface area contributed by atoms with Crippen LogP contribution in [-0.2, 0) is 0 Å². The van der Waals surface area contributed by atoms with Crippen LogP contribution >= 0.6 is 11.7 Å². The fraction of sp³-hybridized carbons (Fsp3) is 0.333. The van der Waals surface area contributed by atoms with Crippen LogP contribution in [0.3, 0.4) is 0 Å². The summed E-state index contributed by atoms with van der Waals surface area (Å²) in [5, 5.41) is 2.93. The van der Waals surface area contributed by atoms with E-state index < -0.39 is 0 Å². The number of anilines is 1. The van der Waals surface area contributed by atoms with E-state index in [9.17, 15) is 0 Å². The number of allylic oxidation sites excluding steroid dienone is 1. The monoisotopic (exact) mass is 155 g/mol. The molecule has 1 rings (SSSR count). The van der Waals surface area contributed by atoms with E-state index in [0.717, 1.165) is 17.1 Å². The predicted molar refractivity (Wildman–Crippen MR) is 44.2 cm³/mol. The van der Waals surface area contributed by atoms with Gasteiger partial charge in [-0.1, -0.05) is 6.58 Å². The molecule has 0 aliphatic rings. The normalized spacial score (nSPS) is 9.40. The van der Waals surface area contributed by atoms with Crippen LogP contribution in [0.4, 0.5) is 5.82 Å². The topological polar surface area (TPSA) is 37.8 Å². The number of aromatic nitrogens is 2. The van der Waals surface area contributed by atoms with Crippen LogP contribution in [0.5, 0.6) is 0 Å². The molecule has 0 fully saturated rings. The lowest BCUT2D eigenvalue weighted by atomic mass is 10.2. The Kier molecular flexibility index (Phi) is 2.01. The van der Waals surface area contributed by atoms with Crippen molar-refractivity contribution in [3.05, 3.63) is 12.3 Å². The van der Waals surface area contributed by atoms with E-state index in [0.29, 0.717) is 0 Å². The van der Waals surface area contributed by atoms with Crippen LogP contribution in [0.1, 0.15) is 12.6 Å². The zero-order chi connectivity index (χ0) is 7.56. The summed E-state index contributed by atoms with van der Waals surface area (Å²) in [4.78, 5) is 0. The highest BCUT2D eigenvalue weighted by atomic mass is 32.1. The average Bonchev–Trinajstić information content (AvgIpc) is 2.33. The SMILES string of the molecule is C=C(C)c1nsnc1NC. The summed E-state index contributed by atoms with van der Waals surface area (Å²) in [6.45, 7) is 5.68. The maximum absolute atomic E-state index is 4.06. The first kappa shape index (κ1) is 7.21. The van der Waals surface area contributed by atoms with Gasteiger partial charge in [-0.2, -0.15) is 8.75 Å². The highest BCUT2D eigenvalue weighted by molar-refractivity contribution is 6.99. The number of hydrogen-bond donors (Lipinski definition) is 1. The predicted octanol–water partition coefficient (Wildman–Crippen LogP) is 1.61. The molecule has 1 aromatic rings. The summed E-state index contributed by atoms with van der Waals surface area (Å²) in [6.07, 6.45) is 0. The van der Waals surface area contributed by atoms with E-state index in [4.69, 9.17) is 0 Å². The van der Waals surface area contributed by atoms with Gasteiger partial charge >= 0.3 is 0 Å². The van der Waals surface area contributed by atoms with Crippen LogP contribution < -0.4 is 5.32 Å². The van der Waals surface area contributed by atoms with E-state index in [1.54, 1.807) is 0 Å². The third kappa shape index (κ3) is 1.16. The lowest BCUT2D eigenvalue weighted by Gasteiger charge is -1.95. The summed E-state index contributed by atoms with van der Waals surface area (Å²) < 4.78 is 8.07. The van der Waals surface area contributed by atoms with Crippen molar-refractivity contribution in [3.63, 3.8) is 0 Å². The minimum Gasteiger partial charge on any atom is -0.370 e. The van der Waals surface area contributed by atoms with Crippen molar-refractivity contribution in [1.82, 2.24) is 8.75 Å². The van der Waals surface area contributed by atoms with E-state index in [1.165, 1.54) is 11.7 Å². The number of rotatable bonds is 2. The molecule has 54 valence electrons. The van der Waals surface area contributed by atoms with Gasteiger partial charge in [0.15, 0.2) is 5.82 Å². The Hall–Kier alpha value is -0.900. The molecule has 4 heteroatoms. The van der Waals surface area contributed by atoms with Gasteiger partial charge in [-0.3, -0.25) is 0 Å². The molecule has 0 atom stereocenters. The number of hydrogen-bond acceptors (Lipinski definition) is 4. The van der Waals surface area contributed by atoms with Crippen molar-refractivity contribution in [2.75, 3.05) is 12.4 Å². The zero-order valence-corrected chi connectivity index (χ0v) is 6.83. The van der Waals surface area contributed by atoms with Gasteiger partial charge in [0, 0.05) is 7.05 Å². The molecule has 0 aliphatic carbocycles. The van der Waals surface area contributed by atoms with Crippen molar-refractivity contribution < 1.29 is 0 Å². The Balaban J connectivity index is 3.01. The van der Waals surface area contributed by atoms with E-state index in [1.807, 2.05) is 14.0 Å². The maximum Gasteiger partial charge on any atom is 0.167 e.